The number of hydrogen-bond donors (Lipinski definition) is 3. The van der Waals surface area contributed by atoms with Gasteiger partial charge in [-0.1, -0.05) is 6.08 Å². The van der Waals surface area contributed by atoms with E-state index in [2.05, 4.69) is 0 Å². The third kappa shape index (κ3) is 5.46. The molecule has 0 bridgehead atoms. The van der Waals surface area contributed by atoms with E-state index in [1.807, 2.05) is 0 Å². The Kier molecular flexibility index (Phi) is 3.36. The van der Waals surface area contributed by atoms with Crippen LogP contribution in [-0.2, 0) is 0 Å². The highest BCUT2D eigenvalue weighted by atomic mass is 14.8. The van der Waals surface area contributed by atoms with Gasteiger partial charge in [0.05, 0.1) is 6.17 Å². The molecule has 0 spiro atoms. The number of hydrogen-bond acceptors (Lipinski definition) is 3. The predicted octanol–water partition coefficient (Wildman–Crippen LogP) is -0.908. The molecule has 0 amide bonds. The highest BCUT2D eigenvalue weighted by Crippen LogP contribution is 1.77. The highest BCUT2D eigenvalue weighted by Gasteiger charge is 1.83. The van der Waals surface area contributed by atoms with E-state index in [0.717, 1.165) is 0 Å². The number of rotatable bonds is 2. The molecule has 0 aromatic heterocycles. The maximum absolute atomic E-state index is 5.15. The van der Waals surface area contributed by atoms with Gasteiger partial charge in [-0.25, -0.2) is 0 Å². The topological polar surface area (TPSA) is 78.1 Å². The van der Waals surface area contributed by atoms with Gasteiger partial charge in [0.15, 0.2) is 0 Å². The first kappa shape index (κ1) is 6.46. The molecular formula is C4H11N3. The quantitative estimate of drug-likeness (QED) is 0.394. The summed E-state index contributed by atoms with van der Waals surface area (Å²) in [7, 11) is 0. The van der Waals surface area contributed by atoms with Crippen LogP contribution in [0, 0.1) is 0 Å². The van der Waals surface area contributed by atoms with Crippen molar-refractivity contribution in [3.05, 3.63) is 12.3 Å². The molecule has 0 aromatic rings. The largest absolute Gasteiger partial charge is 0.405 e. The van der Waals surface area contributed by atoms with Crippen LogP contribution in [-0.4, -0.2) is 6.17 Å². The third-order valence-corrected chi connectivity index (χ3v) is 0.544. The van der Waals surface area contributed by atoms with E-state index < -0.39 is 0 Å². The van der Waals surface area contributed by atoms with Gasteiger partial charge in [0.25, 0.3) is 0 Å². The predicted molar refractivity (Wildman–Crippen MR) is 30.1 cm³/mol. The summed E-state index contributed by atoms with van der Waals surface area (Å²) >= 11 is 0. The van der Waals surface area contributed by atoms with Crippen LogP contribution in [0.1, 0.15) is 6.42 Å². The molecule has 0 aliphatic rings. The van der Waals surface area contributed by atoms with Gasteiger partial charge in [0.2, 0.25) is 0 Å². The summed E-state index contributed by atoms with van der Waals surface area (Å²) in [5, 5.41) is 0. The molecule has 0 heterocycles. The molecule has 0 rings (SSSR count). The van der Waals surface area contributed by atoms with Crippen LogP contribution in [0.3, 0.4) is 0 Å². The first-order valence-corrected chi connectivity index (χ1v) is 2.15. The molecule has 0 atom stereocenters. The first-order valence-electron chi connectivity index (χ1n) is 2.15. The van der Waals surface area contributed by atoms with Gasteiger partial charge in [-0.15, -0.1) is 0 Å². The van der Waals surface area contributed by atoms with Gasteiger partial charge >= 0.3 is 0 Å². The molecule has 0 aliphatic carbocycles. The maximum atomic E-state index is 5.15. The van der Waals surface area contributed by atoms with Crippen molar-refractivity contribution in [1.82, 2.24) is 0 Å². The van der Waals surface area contributed by atoms with E-state index in [0.29, 0.717) is 6.42 Å². The van der Waals surface area contributed by atoms with E-state index in [1.54, 1.807) is 6.08 Å². The number of nitrogens with two attached hydrogens (primary N) is 3. The molecule has 42 valence electrons. The summed E-state index contributed by atoms with van der Waals surface area (Å²) in [6.07, 6.45) is 3.55. The molecule has 6 N–H and O–H groups in total. The Hall–Kier alpha value is -0.540. The second-order valence-corrected chi connectivity index (χ2v) is 1.33. The van der Waals surface area contributed by atoms with Crippen LogP contribution in [0.2, 0.25) is 0 Å². The highest BCUT2D eigenvalue weighted by molar-refractivity contribution is 4.78. The van der Waals surface area contributed by atoms with Crippen molar-refractivity contribution in [2.75, 3.05) is 0 Å². The summed E-state index contributed by atoms with van der Waals surface area (Å²) in [4.78, 5) is 0. The lowest BCUT2D eigenvalue weighted by atomic mass is 10.3. The zero-order valence-electron chi connectivity index (χ0n) is 4.17. The Balaban J connectivity index is 2.97. The molecule has 0 saturated carbocycles. The van der Waals surface area contributed by atoms with Crippen LogP contribution in [0.4, 0.5) is 0 Å². The Labute approximate surface area is 43.2 Å². The Morgan fingerprint density at radius 1 is 1.43 bits per heavy atom. The fourth-order valence-electron chi connectivity index (χ4n) is 0.236. The molecule has 0 saturated heterocycles. The molecular weight excluding hydrogens is 90.1 g/mol. The van der Waals surface area contributed by atoms with Crippen LogP contribution in [0.25, 0.3) is 0 Å². The fourth-order valence-corrected chi connectivity index (χ4v) is 0.236. The van der Waals surface area contributed by atoms with Crippen LogP contribution < -0.4 is 17.2 Å². The van der Waals surface area contributed by atoms with Crippen LogP contribution >= 0.6 is 0 Å². The first-order chi connectivity index (χ1) is 3.27. The summed E-state index contributed by atoms with van der Waals surface area (Å²) in [5.74, 6) is 0. The van der Waals surface area contributed by atoms with Crippen molar-refractivity contribution in [2.24, 2.45) is 17.2 Å². The van der Waals surface area contributed by atoms with Crippen molar-refractivity contribution < 1.29 is 0 Å². The summed E-state index contributed by atoms with van der Waals surface area (Å²) in [6, 6.07) is 0. The lowest BCUT2D eigenvalue weighted by molar-refractivity contribution is 0.719. The molecule has 0 fully saturated rings. The Morgan fingerprint density at radius 3 is 2.14 bits per heavy atom. The van der Waals surface area contributed by atoms with Crippen molar-refractivity contribution in [3.8, 4) is 0 Å². The van der Waals surface area contributed by atoms with Crippen LogP contribution in [0.15, 0.2) is 12.3 Å². The van der Waals surface area contributed by atoms with Crippen molar-refractivity contribution in [1.29, 1.82) is 0 Å². The smallest absolute Gasteiger partial charge is 0.0556 e. The van der Waals surface area contributed by atoms with Gasteiger partial charge in [-0.2, -0.15) is 0 Å². The average molecular weight is 101 g/mol. The van der Waals surface area contributed by atoms with Gasteiger partial charge < -0.3 is 17.2 Å². The molecule has 0 aliphatic heterocycles. The summed E-state index contributed by atoms with van der Waals surface area (Å²) in [5.41, 5.74) is 15.3. The van der Waals surface area contributed by atoms with Crippen molar-refractivity contribution in [2.45, 2.75) is 12.6 Å². The van der Waals surface area contributed by atoms with Gasteiger partial charge in [-0.3, -0.25) is 0 Å². The SMILES string of the molecule is N/C=C/CC(N)N. The lowest BCUT2D eigenvalue weighted by Crippen LogP contribution is -2.29. The molecule has 0 unspecified atom stereocenters. The normalized spacial score (nSPS) is 11.3. The summed E-state index contributed by atoms with van der Waals surface area (Å²) in [6.45, 7) is 0. The van der Waals surface area contributed by atoms with E-state index in [9.17, 15) is 0 Å². The fraction of sp³-hybridized carbons (Fsp3) is 0.500. The molecule has 7 heavy (non-hydrogen) atoms. The lowest BCUT2D eigenvalue weighted by Gasteiger charge is -1.95. The Morgan fingerprint density at radius 2 is 2.00 bits per heavy atom. The van der Waals surface area contributed by atoms with Crippen molar-refractivity contribution >= 4 is 0 Å². The van der Waals surface area contributed by atoms with E-state index in [4.69, 9.17) is 17.2 Å². The van der Waals surface area contributed by atoms with Crippen LogP contribution in [0.5, 0.6) is 0 Å². The van der Waals surface area contributed by atoms with E-state index in [1.165, 1.54) is 6.20 Å². The molecule has 3 nitrogen and oxygen atoms in total. The van der Waals surface area contributed by atoms with Crippen molar-refractivity contribution in [3.63, 3.8) is 0 Å². The zero-order valence-corrected chi connectivity index (χ0v) is 4.17. The van der Waals surface area contributed by atoms with Gasteiger partial charge in [-0.05, 0) is 12.6 Å². The molecule has 3 heteroatoms. The minimum atomic E-state index is -0.264. The van der Waals surface area contributed by atoms with Gasteiger partial charge in [0.1, 0.15) is 0 Å². The minimum absolute atomic E-state index is 0.264. The van der Waals surface area contributed by atoms with Gasteiger partial charge in [0, 0.05) is 0 Å². The third-order valence-electron chi connectivity index (χ3n) is 0.544. The maximum Gasteiger partial charge on any atom is 0.0556 e. The summed E-state index contributed by atoms with van der Waals surface area (Å²) < 4.78 is 0. The average Bonchev–Trinajstić information content (AvgIpc) is 1.61. The second kappa shape index (κ2) is 3.64. The zero-order chi connectivity index (χ0) is 5.70. The monoisotopic (exact) mass is 101 g/mol. The van der Waals surface area contributed by atoms with E-state index in [-0.39, 0.29) is 6.17 Å². The standard InChI is InChI=1S/C4H11N3/c5-3-1-2-4(6)7/h1,3-4H,2,5-7H2/b3-1+. The molecule has 0 radical (unpaired) electrons. The minimum Gasteiger partial charge on any atom is -0.405 e. The molecule has 0 aromatic carbocycles. The Bertz CT molecular complexity index is 58.0. The van der Waals surface area contributed by atoms with E-state index >= 15 is 0 Å². The second-order valence-electron chi connectivity index (χ2n) is 1.33.